The molecule has 0 spiro atoms. The molecule has 1 aromatic carbocycles. The Hall–Kier alpha value is -0.990. The molecule has 0 radical (unpaired) electrons. The van der Waals surface area contributed by atoms with Gasteiger partial charge in [-0.15, -0.1) is 0 Å². The van der Waals surface area contributed by atoms with E-state index >= 15 is 0 Å². The second kappa shape index (κ2) is 4.04. The summed E-state index contributed by atoms with van der Waals surface area (Å²) >= 11 is 0. The van der Waals surface area contributed by atoms with E-state index < -0.39 is 28.3 Å². The molecule has 0 atom stereocenters. The van der Waals surface area contributed by atoms with Crippen molar-refractivity contribution in [1.29, 1.82) is 0 Å². The van der Waals surface area contributed by atoms with Gasteiger partial charge in [0.15, 0.2) is 11.6 Å². The van der Waals surface area contributed by atoms with E-state index in [9.17, 15) is 13.2 Å². The summed E-state index contributed by atoms with van der Waals surface area (Å²) in [6.45, 7) is 10.1. The minimum atomic E-state index is -1.07. The van der Waals surface area contributed by atoms with Crippen LogP contribution in [0.15, 0.2) is 6.07 Å². The summed E-state index contributed by atoms with van der Waals surface area (Å²) in [5.74, 6) is -2.69. The normalized spacial score (nSPS) is 13.0. The average Bonchev–Trinajstić information content (AvgIpc) is 2.07. The highest BCUT2D eigenvalue weighted by atomic mass is 19.2. The summed E-state index contributed by atoms with van der Waals surface area (Å²) in [5.41, 5.74) is -1.50. The van der Waals surface area contributed by atoms with Gasteiger partial charge in [0.1, 0.15) is 5.82 Å². The van der Waals surface area contributed by atoms with Gasteiger partial charge in [-0.3, -0.25) is 0 Å². The van der Waals surface area contributed by atoms with Gasteiger partial charge in [-0.25, -0.2) is 13.2 Å². The number of hydrogen-bond donors (Lipinski definition) is 0. The third kappa shape index (κ3) is 2.64. The first-order valence-electron chi connectivity index (χ1n) is 5.64. The van der Waals surface area contributed by atoms with Crippen molar-refractivity contribution < 1.29 is 13.2 Å². The van der Waals surface area contributed by atoms with Crippen molar-refractivity contribution in [1.82, 2.24) is 0 Å². The SMILES string of the molecule is CC(C)(C)c1cc(F)c(C(C)(C)C)c(F)c1F. The van der Waals surface area contributed by atoms with Crippen LogP contribution in [-0.4, -0.2) is 0 Å². The predicted octanol–water partition coefficient (Wildman–Crippen LogP) is 4.70. The number of benzene rings is 1. The van der Waals surface area contributed by atoms with Crippen molar-refractivity contribution in [3.05, 3.63) is 34.6 Å². The Labute approximate surface area is 101 Å². The van der Waals surface area contributed by atoms with E-state index in [1.54, 1.807) is 41.5 Å². The maximum atomic E-state index is 13.9. The lowest BCUT2D eigenvalue weighted by Gasteiger charge is -2.25. The summed E-state index contributed by atoms with van der Waals surface area (Å²) in [7, 11) is 0. The Morgan fingerprint density at radius 2 is 1.24 bits per heavy atom. The van der Waals surface area contributed by atoms with E-state index in [1.165, 1.54) is 0 Å². The largest absolute Gasteiger partial charge is 0.207 e. The van der Waals surface area contributed by atoms with Crippen molar-refractivity contribution >= 4 is 0 Å². The third-order valence-corrected chi connectivity index (χ3v) is 2.72. The van der Waals surface area contributed by atoms with Gasteiger partial charge in [0, 0.05) is 5.56 Å². The Balaban J connectivity index is 3.60. The quantitative estimate of drug-likeness (QED) is 0.580. The van der Waals surface area contributed by atoms with Crippen molar-refractivity contribution in [2.45, 2.75) is 52.4 Å². The molecule has 0 amide bonds. The molecule has 0 unspecified atom stereocenters. The predicted molar refractivity (Wildman–Crippen MR) is 63.7 cm³/mol. The zero-order chi connectivity index (χ0) is 13.6. The van der Waals surface area contributed by atoms with Crippen LogP contribution in [0.2, 0.25) is 0 Å². The minimum absolute atomic E-state index is 0.0699. The average molecular weight is 244 g/mol. The van der Waals surface area contributed by atoms with Gasteiger partial charge in [-0.05, 0) is 22.5 Å². The molecule has 96 valence electrons. The fourth-order valence-corrected chi connectivity index (χ4v) is 1.83. The first-order chi connectivity index (χ1) is 7.46. The Morgan fingerprint density at radius 1 is 0.765 bits per heavy atom. The maximum absolute atomic E-state index is 13.9. The van der Waals surface area contributed by atoms with Crippen LogP contribution in [0.5, 0.6) is 0 Å². The Morgan fingerprint density at radius 3 is 1.59 bits per heavy atom. The Bertz CT molecular complexity index is 434. The highest BCUT2D eigenvalue weighted by molar-refractivity contribution is 5.35. The topological polar surface area (TPSA) is 0 Å². The second-order valence-electron chi connectivity index (χ2n) is 6.41. The molecule has 0 saturated heterocycles. The van der Waals surface area contributed by atoms with Gasteiger partial charge in [-0.2, -0.15) is 0 Å². The standard InChI is InChI=1S/C14H19F3/c1-13(2,3)8-7-9(15)10(14(4,5)6)12(17)11(8)16/h7H,1-6H3. The van der Waals surface area contributed by atoms with E-state index in [0.29, 0.717) is 0 Å². The van der Waals surface area contributed by atoms with Gasteiger partial charge in [0.25, 0.3) is 0 Å². The summed E-state index contributed by atoms with van der Waals surface area (Å²) in [6.07, 6.45) is 0. The third-order valence-electron chi connectivity index (χ3n) is 2.72. The van der Waals surface area contributed by atoms with Gasteiger partial charge >= 0.3 is 0 Å². The Kier molecular flexibility index (Phi) is 3.34. The number of halogens is 3. The zero-order valence-corrected chi connectivity index (χ0v) is 11.2. The fourth-order valence-electron chi connectivity index (χ4n) is 1.83. The molecule has 0 bridgehead atoms. The smallest absolute Gasteiger partial charge is 0.165 e. The lowest BCUT2D eigenvalue weighted by atomic mass is 9.81. The molecule has 0 aliphatic heterocycles. The first-order valence-corrected chi connectivity index (χ1v) is 5.64. The highest BCUT2D eigenvalue weighted by Gasteiger charge is 2.30. The molecule has 1 aromatic rings. The summed E-state index contributed by atoms with van der Waals surface area (Å²) in [6, 6.07) is 1.11. The molecule has 17 heavy (non-hydrogen) atoms. The van der Waals surface area contributed by atoms with Gasteiger partial charge in [-0.1, -0.05) is 41.5 Å². The lowest BCUT2D eigenvalue weighted by molar-refractivity contribution is 0.413. The number of hydrogen-bond acceptors (Lipinski definition) is 0. The summed E-state index contributed by atoms with van der Waals surface area (Å²) in [5, 5.41) is 0. The molecule has 3 heteroatoms. The van der Waals surface area contributed by atoms with E-state index in [-0.39, 0.29) is 11.1 Å². The summed E-state index contributed by atoms with van der Waals surface area (Å²) in [4.78, 5) is 0. The fraction of sp³-hybridized carbons (Fsp3) is 0.571. The molecule has 0 saturated carbocycles. The van der Waals surface area contributed by atoms with E-state index in [1.807, 2.05) is 0 Å². The molecule has 0 aliphatic rings. The van der Waals surface area contributed by atoms with E-state index in [2.05, 4.69) is 0 Å². The molecule has 1 rings (SSSR count). The van der Waals surface area contributed by atoms with Crippen molar-refractivity contribution in [3.63, 3.8) is 0 Å². The van der Waals surface area contributed by atoms with Crippen molar-refractivity contribution in [2.75, 3.05) is 0 Å². The van der Waals surface area contributed by atoms with E-state index in [4.69, 9.17) is 0 Å². The van der Waals surface area contributed by atoms with Crippen LogP contribution in [0.1, 0.15) is 52.7 Å². The van der Waals surface area contributed by atoms with Crippen LogP contribution in [0, 0.1) is 17.5 Å². The van der Waals surface area contributed by atoms with E-state index in [0.717, 1.165) is 6.07 Å². The molecular weight excluding hydrogens is 225 g/mol. The minimum Gasteiger partial charge on any atom is -0.207 e. The summed E-state index contributed by atoms with van der Waals surface area (Å²) < 4.78 is 41.8. The highest BCUT2D eigenvalue weighted by Crippen LogP contribution is 2.34. The molecule has 0 aliphatic carbocycles. The first kappa shape index (κ1) is 14.1. The number of rotatable bonds is 0. The van der Waals surface area contributed by atoms with Gasteiger partial charge < -0.3 is 0 Å². The van der Waals surface area contributed by atoms with Gasteiger partial charge in [0.05, 0.1) is 0 Å². The molecule has 0 fully saturated rings. The van der Waals surface area contributed by atoms with Crippen LogP contribution in [0.4, 0.5) is 13.2 Å². The van der Waals surface area contributed by atoms with Crippen LogP contribution in [-0.2, 0) is 10.8 Å². The van der Waals surface area contributed by atoms with Crippen molar-refractivity contribution in [3.8, 4) is 0 Å². The molecule has 0 nitrogen and oxygen atoms in total. The molecular formula is C14H19F3. The van der Waals surface area contributed by atoms with Crippen molar-refractivity contribution in [2.24, 2.45) is 0 Å². The second-order valence-corrected chi connectivity index (χ2v) is 6.41. The zero-order valence-electron chi connectivity index (χ0n) is 11.2. The molecule has 0 heterocycles. The van der Waals surface area contributed by atoms with Crippen LogP contribution in [0.25, 0.3) is 0 Å². The molecule has 0 N–H and O–H groups in total. The monoisotopic (exact) mass is 244 g/mol. The lowest BCUT2D eigenvalue weighted by Crippen LogP contribution is -2.22. The maximum Gasteiger partial charge on any atom is 0.165 e. The van der Waals surface area contributed by atoms with Crippen LogP contribution < -0.4 is 0 Å². The van der Waals surface area contributed by atoms with Gasteiger partial charge in [0.2, 0.25) is 0 Å². The van der Waals surface area contributed by atoms with Crippen LogP contribution in [0.3, 0.4) is 0 Å². The van der Waals surface area contributed by atoms with Crippen LogP contribution >= 0.6 is 0 Å². The molecule has 0 aromatic heterocycles.